The fourth-order valence-corrected chi connectivity index (χ4v) is 3.18. The number of ether oxygens (including phenoxy) is 2. The van der Waals surface area contributed by atoms with Crippen LogP contribution in [0.4, 0.5) is 0 Å². The first kappa shape index (κ1) is 19.1. The minimum Gasteiger partial charge on any atom is -0.598 e. The molecule has 1 aromatic carbocycles. The lowest BCUT2D eigenvalue weighted by atomic mass is 10.1. The molecule has 0 fully saturated rings. The number of pyridine rings is 1. The monoisotopic (exact) mass is 370 g/mol. The molecule has 0 amide bonds. The summed E-state index contributed by atoms with van der Waals surface area (Å²) in [7, 11) is 3.16. The summed E-state index contributed by atoms with van der Waals surface area (Å²) in [6.07, 6.45) is 0.650. The van der Waals surface area contributed by atoms with Crippen molar-refractivity contribution in [2.45, 2.75) is 31.9 Å². The second-order valence-electron chi connectivity index (χ2n) is 6.36. The Morgan fingerprint density at radius 1 is 1.21 bits per heavy atom. The lowest BCUT2D eigenvalue weighted by Gasteiger charge is -2.23. The van der Waals surface area contributed by atoms with Crippen LogP contribution in [0.2, 0.25) is 5.02 Å². The lowest BCUT2D eigenvalue weighted by Crippen LogP contribution is -2.40. The van der Waals surface area contributed by atoms with Gasteiger partial charge in [-0.15, -0.1) is 4.72 Å². The van der Waals surface area contributed by atoms with Gasteiger partial charge < -0.3 is 14.0 Å². The summed E-state index contributed by atoms with van der Waals surface area (Å²) in [6, 6.07) is 5.61. The zero-order chi connectivity index (χ0) is 17.9. The Bertz CT molecular complexity index is 719. The predicted molar refractivity (Wildman–Crippen MR) is 99.5 cm³/mol. The Kier molecular flexibility index (Phi) is 6.20. The highest BCUT2D eigenvalue weighted by molar-refractivity contribution is 7.90. The molecule has 0 aliphatic rings. The van der Waals surface area contributed by atoms with E-state index in [4.69, 9.17) is 21.1 Å². The normalized spacial score (nSPS) is 13.1. The average Bonchev–Trinajstić information content (AvgIpc) is 2.52. The number of aromatic nitrogens is 1. The zero-order valence-corrected chi connectivity index (χ0v) is 16.2. The van der Waals surface area contributed by atoms with Crippen LogP contribution in [0, 0.1) is 0 Å². The van der Waals surface area contributed by atoms with Gasteiger partial charge in [-0.1, -0.05) is 11.6 Å². The summed E-state index contributed by atoms with van der Waals surface area (Å²) in [5, 5.41) is 1.45. The summed E-state index contributed by atoms with van der Waals surface area (Å²) < 4.78 is 25.4. The molecule has 1 heterocycles. The van der Waals surface area contributed by atoms with Crippen molar-refractivity contribution >= 4 is 33.9 Å². The molecule has 5 nitrogen and oxygen atoms in total. The molecule has 0 radical (unpaired) electrons. The number of benzene rings is 1. The first-order valence-corrected chi connectivity index (χ1v) is 9.15. The van der Waals surface area contributed by atoms with E-state index in [0.717, 1.165) is 16.5 Å². The van der Waals surface area contributed by atoms with Gasteiger partial charge in [0.05, 0.1) is 24.8 Å². The first-order valence-electron chi connectivity index (χ1n) is 7.63. The van der Waals surface area contributed by atoms with Gasteiger partial charge in [-0.25, -0.2) is 4.98 Å². The molecule has 0 spiro atoms. The van der Waals surface area contributed by atoms with Crippen LogP contribution in [0.1, 0.15) is 26.3 Å². The molecule has 1 atom stereocenters. The fraction of sp³-hybridized carbons (Fsp3) is 0.471. The molecule has 0 aliphatic heterocycles. The Morgan fingerprint density at radius 2 is 1.92 bits per heavy atom. The van der Waals surface area contributed by atoms with Gasteiger partial charge in [-0.2, -0.15) is 0 Å². The van der Waals surface area contributed by atoms with Crippen LogP contribution < -0.4 is 14.2 Å². The quantitative estimate of drug-likeness (QED) is 0.788. The SMILES string of the molecule is COc1cc2nc(OC)c(CCN[S+]([O-])C(C)(C)C)cc2cc1Cl. The van der Waals surface area contributed by atoms with Crippen LogP contribution >= 0.6 is 11.6 Å². The van der Waals surface area contributed by atoms with E-state index in [9.17, 15) is 4.55 Å². The predicted octanol–water partition coefficient (Wildman–Crippen LogP) is 3.50. The largest absolute Gasteiger partial charge is 0.598 e. The van der Waals surface area contributed by atoms with E-state index in [1.54, 1.807) is 20.3 Å². The standard InChI is InChI=1S/C17H23ClN2O3S/c1-17(2,3)24(21)19-7-6-11-8-12-9-13(18)15(22-4)10-14(12)20-16(11)23-5/h8-10,19H,6-7H2,1-5H3. The zero-order valence-electron chi connectivity index (χ0n) is 14.6. The Hall–Kier alpha value is -1.21. The topological polar surface area (TPSA) is 66.4 Å². The molecule has 24 heavy (non-hydrogen) atoms. The average molecular weight is 371 g/mol. The minimum atomic E-state index is -1.10. The summed E-state index contributed by atoms with van der Waals surface area (Å²) in [5.74, 6) is 1.13. The van der Waals surface area contributed by atoms with Crippen LogP contribution in [-0.4, -0.2) is 35.0 Å². The third-order valence-electron chi connectivity index (χ3n) is 3.50. The summed E-state index contributed by atoms with van der Waals surface area (Å²) in [5.41, 5.74) is 1.69. The van der Waals surface area contributed by atoms with Gasteiger partial charge in [0, 0.05) is 34.9 Å². The second-order valence-corrected chi connectivity index (χ2v) is 8.82. The van der Waals surface area contributed by atoms with Crippen molar-refractivity contribution in [2.24, 2.45) is 0 Å². The maximum absolute atomic E-state index is 12.1. The van der Waals surface area contributed by atoms with E-state index in [1.807, 2.05) is 32.9 Å². The highest BCUT2D eigenvalue weighted by atomic mass is 35.5. The highest BCUT2D eigenvalue weighted by Crippen LogP contribution is 2.31. The number of nitrogens with one attached hydrogen (secondary N) is 1. The van der Waals surface area contributed by atoms with Crippen molar-refractivity contribution in [3.05, 3.63) is 28.8 Å². The molecule has 2 rings (SSSR count). The molecule has 2 aromatic rings. The molecule has 0 aliphatic carbocycles. The number of methoxy groups -OCH3 is 2. The third-order valence-corrected chi connectivity index (χ3v) is 5.38. The Labute approximate surface area is 151 Å². The maximum Gasteiger partial charge on any atom is 0.216 e. The van der Waals surface area contributed by atoms with Crippen molar-refractivity contribution < 1.29 is 14.0 Å². The molecule has 0 saturated heterocycles. The number of fused-ring (bicyclic) bond motifs is 1. The van der Waals surface area contributed by atoms with Gasteiger partial charge in [-0.05, 0) is 39.3 Å². The van der Waals surface area contributed by atoms with E-state index in [-0.39, 0.29) is 4.75 Å². The summed E-state index contributed by atoms with van der Waals surface area (Å²) in [6.45, 7) is 6.37. The van der Waals surface area contributed by atoms with Crippen LogP contribution in [0.15, 0.2) is 18.2 Å². The maximum atomic E-state index is 12.1. The Morgan fingerprint density at radius 3 is 2.50 bits per heavy atom. The van der Waals surface area contributed by atoms with Gasteiger partial charge in [0.15, 0.2) is 0 Å². The minimum absolute atomic E-state index is 0.296. The number of rotatable bonds is 6. The molecule has 0 bridgehead atoms. The molecule has 1 aromatic heterocycles. The molecule has 132 valence electrons. The number of hydrogen-bond donors (Lipinski definition) is 1. The van der Waals surface area contributed by atoms with Gasteiger partial charge in [0.2, 0.25) is 5.88 Å². The fourth-order valence-electron chi connectivity index (χ4n) is 2.21. The van der Waals surface area contributed by atoms with E-state index in [1.165, 1.54) is 0 Å². The molecular weight excluding hydrogens is 348 g/mol. The molecule has 1 N–H and O–H groups in total. The van der Waals surface area contributed by atoms with Crippen LogP contribution in [-0.2, 0) is 17.8 Å². The molecular formula is C17H23ClN2O3S. The summed E-state index contributed by atoms with van der Waals surface area (Å²) >= 11 is 5.09. The lowest BCUT2D eigenvalue weighted by molar-refractivity contribution is 0.394. The van der Waals surface area contributed by atoms with E-state index < -0.39 is 11.4 Å². The van der Waals surface area contributed by atoms with Gasteiger partial charge in [0.1, 0.15) is 10.5 Å². The van der Waals surface area contributed by atoms with Crippen LogP contribution in [0.5, 0.6) is 11.6 Å². The number of halogens is 1. The third kappa shape index (κ3) is 4.45. The van der Waals surface area contributed by atoms with Crippen molar-refractivity contribution in [1.82, 2.24) is 9.71 Å². The van der Waals surface area contributed by atoms with Crippen molar-refractivity contribution in [3.8, 4) is 11.6 Å². The first-order chi connectivity index (χ1) is 11.3. The summed E-state index contributed by atoms with van der Waals surface area (Å²) in [4.78, 5) is 4.53. The van der Waals surface area contributed by atoms with Gasteiger partial charge >= 0.3 is 0 Å². The van der Waals surface area contributed by atoms with E-state index in [2.05, 4.69) is 9.71 Å². The van der Waals surface area contributed by atoms with E-state index >= 15 is 0 Å². The number of nitrogens with zero attached hydrogens (tertiary/aromatic N) is 1. The second kappa shape index (κ2) is 7.78. The van der Waals surface area contributed by atoms with Crippen molar-refractivity contribution in [2.75, 3.05) is 20.8 Å². The van der Waals surface area contributed by atoms with Crippen molar-refractivity contribution in [1.29, 1.82) is 0 Å². The van der Waals surface area contributed by atoms with E-state index in [0.29, 0.717) is 29.6 Å². The molecule has 7 heteroatoms. The molecule has 0 saturated carbocycles. The van der Waals surface area contributed by atoms with Crippen LogP contribution in [0.3, 0.4) is 0 Å². The number of hydrogen-bond acceptors (Lipinski definition) is 5. The molecule has 1 unspecified atom stereocenters. The van der Waals surface area contributed by atoms with Gasteiger partial charge in [0.25, 0.3) is 0 Å². The van der Waals surface area contributed by atoms with Crippen molar-refractivity contribution in [3.63, 3.8) is 0 Å². The van der Waals surface area contributed by atoms with Gasteiger partial charge in [-0.3, -0.25) is 0 Å². The smallest absolute Gasteiger partial charge is 0.216 e. The highest BCUT2D eigenvalue weighted by Gasteiger charge is 2.25. The Balaban J connectivity index is 2.23. The van der Waals surface area contributed by atoms with Crippen LogP contribution in [0.25, 0.3) is 10.9 Å².